The maximum Gasteiger partial charge on any atom is 0.131 e. The van der Waals surface area contributed by atoms with Gasteiger partial charge in [0.25, 0.3) is 0 Å². The summed E-state index contributed by atoms with van der Waals surface area (Å²) in [5, 5.41) is 8.74. The lowest BCUT2D eigenvalue weighted by molar-refractivity contribution is 0.679. The van der Waals surface area contributed by atoms with Gasteiger partial charge in [-0.3, -0.25) is 4.68 Å². The van der Waals surface area contributed by atoms with Crippen molar-refractivity contribution in [2.45, 2.75) is 13.5 Å². The van der Waals surface area contributed by atoms with E-state index in [1.54, 1.807) is 0 Å². The van der Waals surface area contributed by atoms with E-state index in [9.17, 15) is 0 Å². The highest BCUT2D eigenvalue weighted by atomic mass is 15.3. The topological polar surface area (TPSA) is 42.7 Å². The average Bonchev–Trinajstić information content (AvgIpc) is 2.83. The van der Waals surface area contributed by atoms with Gasteiger partial charge in [-0.2, -0.15) is 5.10 Å². The summed E-state index contributed by atoms with van der Waals surface area (Å²) in [6.07, 6.45) is 1.99. The molecule has 19 heavy (non-hydrogen) atoms. The summed E-state index contributed by atoms with van der Waals surface area (Å²) in [5.41, 5.74) is 3.18. The first-order chi connectivity index (χ1) is 9.26. The van der Waals surface area contributed by atoms with Gasteiger partial charge in [0.05, 0.1) is 17.8 Å². The third-order valence-electron chi connectivity index (χ3n) is 3.15. The average molecular weight is 252 g/mol. The van der Waals surface area contributed by atoms with Crippen LogP contribution in [0.1, 0.15) is 11.3 Å². The Bertz CT molecular complexity index is 715. The monoisotopic (exact) mass is 252 g/mol. The largest absolute Gasteiger partial charge is 0.373 e. The number of hydrogen-bond acceptors (Lipinski definition) is 3. The van der Waals surface area contributed by atoms with Crippen molar-refractivity contribution in [2.24, 2.45) is 0 Å². The predicted molar refractivity (Wildman–Crippen MR) is 77.4 cm³/mol. The quantitative estimate of drug-likeness (QED) is 0.779. The SMILES string of the molecule is CNc1nc2ccccc2cc1Cn1ccc(C)n1. The summed E-state index contributed by atoms with van der Waals surface area (Å²) < 4.78 is 1.93. The molecule has 2 aromatic heterocycles. The second-order valence-corrected chi connectivity index (χ2v) is 4.59. The van der Waals surface area contributed by atoms with E-state index in [0.29, 0.717) is 0 Å². The highest BCUT2D eigenvalue weighted by Gasteiger charge is 2.06. The third-order valence-corrected chi connectivity index (χ3v) is 3.15. The van der Waals surface area contributed by atoms with Gasteiger partial charge in [0.15, 0.2) is 0 Å². The normalized spacial score (nSPS) is 10.8. The molecule has 3 aromatic rings. The Morgan fingerprint density at radius 1 is 1.21 bits per heavy atom. The lowest BCUT2D eigenvalue weighted by Crippen LogP contribution is -2.05. The molecule has 0 unspecified atom stereocenters. The molecule has 1 N–H and O–H groups in total. The van der Waals surface area contributed by atoms with E-state index in [4.69, 9.17) is 0 Å². The van der Waals surface area contributed by atoms with E-state index < -0.39 is 0 Å². The van der Waals surface area contributed by atoms with Crippen molar-refractivity contribution in [3.05, 3.63) is 53.9 Å². The Labute approximate surface area is 112 Å². The second-order valence-electron chi connectivity index (χ2n) is 4.59. The smallest absolute Gasteiger partial charge is 0.131 e. The van der Waals surface area contributed by atoms with Crippen LogP contribution in [-0.2, 0) is 6.54 Å². The first-order valence-corrected chi connectivity index (χ1v) is 6.33. The molecule has 0 amide bonds. The summed E-state index contributed by atoms with van der Waals surface area (Å²) in [4.78, 5) is 4.64. The lowest BCUT2D eigenvalue weighted by atomic mass is 10.1. The van der Waals surface area contributed by atoms with Crippen LogP contribution in [0.5, 0.6) is 0 Å². The van der Waals surface area contributed by atoms with Crippen LogP contribution < -0.4 is 5.32 Å². The number of aromatic nitrogens is 3. The Morgan fingerprint density at radius 3 is 2.79 bits per heavy atom. The third kappa shape index (κ3) is 2.29. The van der Waals surface area contributed by atoms with E-state index >= 15 is 0 Å². The number of hydrogen-bond donors (Lipinski definition) is 1. The van der Waals surface area contributed by atoms with Crippen LogP contribution in [0.15, 0.2) is 42.6 Å². The van der Waals surface area contributed by atoms with Crippen LogP contribution in [0.3, 0.4) is 0 Å². The maximum atomic E-state index is 4.64. The van der Waals surface area contributed by atoms with Crippen LogP contribution in [0.25, 0.3) is 10.9 Å². The van der Waals surface area contributed by atoms with Gasteiger partial charge in [0.2, 0.25) is 0 Å². The van der Waals surface area contributed by atoms with Gasteiger partial charge in [0.1, 0.15) is 5.82 Å². The minimum absolute atomic E-state index is 0.724. The van der Waals surface area contributed by atoms with E-state index in [1.807, 2.05) is 49.1 Å². The van der Waals surface area contributed by atoms with Crippen molar-refractivity contribution in [3.8, 4) is 0 Å². The van der Waals surface area contributed by atoms with Crippen LogP contribution in [0, 0.1) is 6.92 Å². The second kappa shape index (κ2) is 4.72. The summed E-state index contributed by atoms with van der Waals surface area (Å²) in [5.74, 6) is 0.909. The number of nitrogens with one attached hydrogen (secondary N) is 1. The molecule has 0 spiro atoms. The van der Waals surface area contributed by atoms with E-state index in [2.05, 4.69) is 27.5 Å². The molecule has 0 aliphatic rings. The number of pyridine rings is 1. The molecule has 0 aliphatic carbocycles. The molecule has 4 nitrogen and oxygen atoms in total. The van der Waals surface area contributed by atoms with Gasteiger partial charge in [-0.05, 0) is 25.1 Å². The molecule has 0 aliphatic heterocycles. The van der Waals surface area contributed by atoms with Gasteiger partial charge in [-0.15, -0.1) is 0 Å². The van der Waals surface area contributed by atoms with Crippen molar-refractivity contribution in [1.82, 2.24) is 14.8 Å². The standard InChI is InChI=1S/C15H16N4/c1-11-7-8-19(18-11)10-13-9-12-5-3-4-6-14(12)17-15(13)16-2/h3-9H,10H2,1-2H3,(H,16,17). The summed E-state index contributed by atoms with van der Waals surface area (Å²) in [7, 11) is 1.90. The summed E-state index contributed by atoms with van der Waals surface area (Å²) in [6.45, 7) is 2.72. The zero-order valence-corrected chi connectivity index (χ0v) is 11.1. The lowest BCUT2D eigenvalue weighted by Gasteiger charge is -2.10. The van der Waals surface area contributed by atoms with Crippen LogP contribution in [0.4, 0.5) is 5.82 Å². The van der Waals surface area contributed by atoms with E-state index in [1.165, 1.54) is 0 Å². The highest BCUT2D eigenvalue weighted by Crippen LogP contribution is 2.20. The molecule has 0 radical (unpaired) electrons. The minimum Gasteiger partial charge on any atom is -0.373 e. The number of rotatable bonds is 3. The van der Waals surface area contributed by atoms with E-state index in [-0.39, 0.29) is 0 Å². The van der Waals surface area contributed by atoms with E-state index in [0.717, 1.165) is 34.5 Å². The van der Waals surface area contributed by atoms with Crippen LogP contribution in [-0.4, -0.2) is 21.8 Å². The molecule has 0 saturated heterocycles. The van der Waals surface area contributed by atoms with Crippen molar-refractivity contribution in [2.75, 3.05) is 12.4 Å². The Hall–Kier alpha value is -2.36. The molecule has 4 heteroatoms. The van der Waals surface area contributed by atoms with Crippen molar-refractivity contribution >= 4 is 16.7 Å². The fourth-order valence-electron chi connectivity index (χ4n) is 2.22. The molecule has 3 rings (SSSR count). The first-order valence-electron chi connectivity index (χ1n) is 6.33. The molecule has 0 atom stereocenters. The van der Waals surface area contributed by atoms with Crippen LogP contribution in [0.2, 0.25) is 0 Å². The number of para-hydroxylation sites is 1. The van der Waals surface area contributed by atoms with Crippen molar-refractivity contribution < 1.29 is 0 Å². The Kier molecular flexibility index (Phi) is 2.91. The Balaban J connectivity index is 2.05. The molecule has 0 saturated carbocycles. The maximum absolute atomic E-state index is 4.64. The molecule has 96 valence electrons. The van der Waals surface area contributed by atoms with Gasteiger partial charge in [-0.1, -0.05) is 18.2 Å². The molecule has 1 aromatic carbocycles. The zero-order valence-electron chi connectivity index (χ0n) is 11.1. The van der Waals surface area contributed by atoms with Crippen molar-refractivity contribution in [3.63, 3.8) is 0 Å². The highest BCUT2D eigenvalue weighted by molar-refractivity contribution is 5.81. The number of anilines is 1. The van der Waals surface area contributed by atoms with Crippen molar-refractivity contribution in [1.29, 1.82) is 0 Å². The zero-order chi connectivity index (χ0) is 13.2. The number of fused-ring (bicyclic) bond motifs is 1. The number of benzene rings is 1. The van der Waals surface area contributed by atoms with Gasteiger partial charge < -0.3 is 5.32 Å². The fraction of sp³-hybridized carbons (Fsp3) is 0.200. The molecular weight excluding hydrogens is 236 g/mol. The van der Waals surface area contributed by atoms with Gasteiger partial charge in [-0.25, -0.2) is 4.98 Å². The van der Waals surface area contributed by atoms with Crippen LogP contribution >= 0.6 is 0 Å². The molecule has 2 heterocycles. The predicted octanol–water partition coefficient (Wildman–Crippen LogP) is 2.83. The number of aryl methyl sites for hydroxylation is 1. The summed E-state index contributed by atoms with van der Waals surface area (Å²) in [6, 6.07) is 12.3. The molecule has 0 bridgehead atoms. The van der Waals surface area contributed by atoms with Gasteiger partial charge in [0, 0.05) is 24.2 Å². The first kappa shape index (κ1) is 11.7. The van der Waals surface area contributed by atoms with Gasteiger partial charge >= 0.3 is 0 Å². The summed E-state index contributed by atoms with van der Waals surface area (Å²) >= 11 is 0. The Morgan fingerprint density at radius 2 is 2.05 bits per heavy atom. The molecular formula is C15H16N4. The molecule has 0 fully saturated rings. The minimum atomic E-state index is 0.724. The fourth-order valence-corrected chi connectivity index (χ4v) is 2.22. The number of nitrogens with zero attached hydrogens (tertiary/aromatic N) is 3.